The molecule has 0 spiro atoms. The number of nitriles is 1. The molecular weight excluding hydrogens is 296 g/mol. The molecule has 0 aliphatic rings. The number of thiophene rings is 1. The number of nitrogens with zero attached hydrogens (tertiary/aromatic N) is 1. The van der Waals surface area contributed by atoms with E-state index in [9.17, 15) is 0 Å². The molecule has 2 aromatic rings. The first-order chi connectivity index (χ1) is 8.20. The quantitative estimate of drug-likeness (QED) is 0.902. The van der Waals surface area contributed by atoms with Gasteiger partial charge >= 0.3 is 0 Å². The molecule has 1 N–H and O–H groups in total. The number of benzene rings is 1. The van der Waals surface area contributed by atoms with Crippen LogP contribution >= 0.6 is 27.3 Å². The molecule has 0 aliphatic carbocycles. The van der Waals surface area contributed by atoms with Gasteiger partial charge in [-0.25, -0.2) is 0 Å². The van der Waals surface area contributed by atoms with Crippen molar-refractivity contribution in [3.05, 3.63) is 50.6 Å². The van der Waals surface area contributed by atoms with Gasteiger partial charge in [0, 0.05) is 15.0 Å². The van der Waals surface area contributed by atoms with E-state index in [1.54, 1.807) is 11.3 Å². The Kier molecular flexibility index (Phi) is 3.82. The molecule has 1 aromatic heterocycles. The van der Waals surface area contributed by atoms with Crippen molar-refractivity contribution in [1.29, 1.82) is 5.26 Å². The normalized spacial score (nSPS) is 11.8. The summed E-state index contributed by atoms with van der Waals surface area (Å²) in [4.78, 5) is 1.29. The first kappa shape index (κ1) is 12.2. The van der Waals surface area contributed by atoms with Crippen LogP contribution in [0.2, 0.25) is 0 Å². The first-order valence-electron chi connectivity index (χ1n) is 5.20. The van der Waals surface area contributed by atoms with Gasteiger partial charge in [-0.1, -0.05) is 6.07 Å². The number of nitrogens with one attached hydrogen (secondary N) is 1. The zero-order chi connectivity index (χ0) is 12.3. The third kappa shape index (κ3) is 2.87. The Morgan fingerprint density at radius 2 is 2.24 bits per heavy atom. The van der Waals surface area contributed by atoms with Crippen molar-refractivity contribution in [2.75, 3.05) is 5.32 Å². The van der Waals surface area contributed by atoms with Crippen LogP contribution in [0.4, 0.5) is 5.69 Å². The van der Waals surface area contributed by atoms with Crippen LogP contribution < -0.4 is 5.32 Å². The van der Waals surface area contributed by atoms with Crippen LogP contribution in [-0.4, -0.2) is 0 Å². The summed E-state index contributed by atoms with van der Waals surface area (Å²) in [6.07, 6.45) is 0. The number of halogens is 1. The molecule has 2 rings (SSSR count). The van der Waals surface area contributed by atoms with Crippen molar-refractivity contribution in [3.63, 3.8) is 0 Å². The summed E-state index contributed by atoms with van der Waals surface area (Å²) in [5.74, 6) is 0. The minimum absolute atomic E-state index is 0.263. The predicted molar refractivity (Wildman–Crippen MR) is 75.2 cm³/mol. The molecule has 0 aliphatic heterocycles. The highest BCUT2D eigenvalue weighted by Gasteiger charge is 2.08. The van der Waals surface area contributed by atoms with Crippen molar-refractivity contribution in [1.82, 2.24) is 0 Å². The van der Waals surface area contributed by atoms with Crippen LogP contribution in [0.15, 0.2) is 40.2 Å². The van der Waals surface area contributed by atoms with E-state index in [0.29, 0.717) is 5.56 Å². The molecule has 0 bridgehead atoms. The van der Waals surface area contributed by atoms with Crippen LogP contribution in [0.1, 0.15) is 23.4 Å². The number of rotatable bonds is 3. The smallest absolute Gasteiger partial charge is 0.0992 e. The van der Waals surface area contributed by atoms with Crippen molar-refractivity contribution >= 4 is 33.0 Å². The van der Waals surface area contributed by atoms with Crippen LogP contribution in [0.25, 0.3) is 0 Å². The van der Waals surface area contributed by atoms with Gasteiger partial charge in [0.1, 0.15) is 0 Å². The highest BCUT2D eigenvalue weighted by Crippen LogP contribution is 2.28. The molecule has 0 amide bonds. The zero-order valence-electron chi connectivity index (χ0n) is 9.27. The van der Waals surface area contributed by atoms with Crippen molar-refractivity contribution < 1.29 is 0 Å². The van der Waals surface area contributed by atoms with Gasteiger partial charge in [0.2, 0.25) is 0 Å². The molecule has 1 heterocycles. The Hall–Kier alpha value is -1.31. The first-order valence-corrected chi connectivity index (χ1v) is 6.87. The van der Waals surface area contributed by atoms with Gasteiger partial charge in [-0.3, -0.25) is 0 Å². The molecular formula is C13H11BrN2S. The second kappa shape index (κ2) is 5.35. The van der Waals surface area contributed by atoms with Gasteiger partial charge < -0.3 is 5.32 Å². The third-order valence-electron chi connectivity index (χ3n) is 2.44. The summed E-state index contributed by atoms with van der Waals surface area (Å²) in [6.45, 7) is 2.12. The van der Waals surface area contributed by atoms with E-state index in [2.05, 4.69) is 45.7 Å². The Morgan fingerprint density at radius 1 is 1.41 bits per heavy atom. The molecule has 1 unspecified atom stereocenters. The fourth-order valence-electron chi connectivity index (χ4n) is 1.54. The van der Waals surface area contributed by atoms with Crippen LogP contribution in [0.5, 0.6) is 0 Å². The maximum atomic E-state index is 8.80. The van der Waals surface area contributed by atoms with E-state index in [1.165, 1.54) is 4.88 Å². The monoisotopic (exact) mass is 306 g/mol. The van der Waals surface area contributed by atoms with Crippen LogP contribution in [0, 0.1) is 11.3 Å². The van der Waals surface area contributed by atoms with E-state index in [-0.39, 0.29) is 6.04 Å². The molecule has 2 nitrogen and oxygen atoms in total. The maximum Gasteiger partial charge on any atom is 0.0992 e. The molecule has 1 aromatic carbocycles. The predicted octanol–water partition coefficient (Wildman–Crippen LogP) is 4.56. The van der Waals surface area contributed by atoms with Crippen molar-refractivity contribution in [2.45, 2.75) is 13.0 Å². The maximum absolute atomic E-state index is 8.80. The van der Waals surface area contributed by atoms with Crippen molar-refractivity contribution in [2.24, 2.45) is 0 Å². The lowest BCUT2D eigenvalue weighted by atomic mass is 10.2. The van der Waals surface area contributed by atoms with Gasteiger partial charge in [0.25, 0.3) is 0 Å². The lowest BCUT2D eigenvalue weighted by Gasteiger charge is -2.15. The minimum atomic E-state index is 0.263. The largest absolute Gasteiger partial charge is 0.377 e. The van der Waals surface area contributed by atoms with Gasteiger partial charge in [0.15, 0.2) is 0 Å². The molecule has 86 valence electrons. The van der Waals surface area contributed by atoms with E-state index >= 15 is 0 Å². The number of anilines is 1. The van der Waals surface area contributed by atoms with Crippen LogP contribution in [-0.2, 0) is 0 Å². The van der Waals surface area contributed by atoms with E-state index in [0.717, 1.165) is 10.2 Å². The summed E-state index contributed by atoms with van der Waals surface area (Å²) in [5, 5.41) is 14.3. The summed E-state index contributed by atoms with van der Waals surface area (Å²) < 4.78 is 0.917. The number of hydrogen-bond acceptors (Lipinski definition) is 3. The average molecular weight is 307 g/mol. The lowest BCUT2D eigenvalue weighted by molar-refractivity contribution is 0.907. The minimum Gasteiger partial charge on any atom is -0.377 e. The summed E-state index contributed by atoms with van der Waals surface area (Å²) >= 11 is 5.20. The van der Waals surface area contributed by atoms with Gasteiger partial charge in [-0.15, -0.1) is 11.3 Å². The molecule has 17 heavy (non-hydrogen) atoms. The molecule has 0 radical (unpaired) electrons. The molecule has 0 saturated carbocycles. The Morgan fingerprint density at radius 3 is 2.82 bits per heavy atom. The standard InChI is InChI=1S/C13H11BrN2S/c1-9(13-3-2-6-17-13)16-12-5-4-10(8-15)7-11(12)14/h2-7,9,16H,1H3. The molecule has 1 atom stereocenters. The van der Waals surface area contributed by atoms with Gasteiger partial charge in [0.05, 0.1) is 17.7 Å². The van der Waals surface area contributed by atoms with Crippen LogP contribution in [0.3, 0.4) is 0 Å². The summed E-state index contributed by atoms with van der Waals surface area (Å²) in [5.41, 5.74) is 1.66. The highest BCUT2D eigenvalue weighted by atomic mass is 79.9. The SMILES string of the molecule is CC(Nc1ccc(C#N)cc1Br)c1cccs1. The van der Waals surface area contributed by atoms with Gasteiger partial charge in [-0.2, -0.15) is 5.26 Å². The molecule has 0 fully saturated rings. The lowest BCUT2D eigenvalue weighted by Crippen LogP contribution is -2.05. The summed E-state index contributed by atoms with van der Waals surface area (Å²) in [6, 6.07) is 12.1. The molecule has 0 saturated heterocycles. The second-order valence-electron chi connectivity index (χ2n) is 3.69. The van der Waals surface area contributed by atoms with E-state index in [4.69, 9.17) is 5.26 Å². The Balaban J connectivity index is 2.17. The van der Waals surface area contributed by atoms with Crippen molar-refractivity contribution in [3.8, 4) is 6.07 Å². The topological polar surface area (TPSA) is 35.8 Å². The second-order valence-corrected chi connectivity index (χ2v) is 5.52. The Labute approximate surface area is 113 Å². The fourth-order valence-corrected chi connectivity index (χ4v) is 2.77. The number of hydrogen-bond donors (Lipinski definition) is 1. The summed E-state index contributed by atoms with van der Waals surface area (Å²) in [7, 11) is 0. The average Bonchev–Trinajstić information content (AvgIpc) is 2.85. The molecule has 4 heteroatoms. The fraction of sp³-hybridized carbons (Fsp3) is 0.154. The van der Waals surface area contributed by atoms with E-state index in [1.807, 2.05) is 24.3 Å². The third-order valence-corrected chi connectivity index (χ3v) is 4.15. The van der Waals surface area contributed by atoms with Gasteiger partial charge in [-0.05, 0) is 52.5 Å². The van der Waals surface area contributed by atoms with E-state index < -0.39 is 0 Å². The zero-order valence-corrected chi connectivity index (χ0v) is 11.7. The Bertz CT molecular complexity index is 543. The highest BCUT2D eigenvalue weighted by molar-refractivity contribution is 9.10.